The smallest absolute Gasteiger partial charge is 0.343 e. The molecule has 50 heavy (non-hydrogen) atoms. The van der Waals surface area contributed by atoms with Gasteiger partial charge in [0.05, 0.1) is 41.3 Å². The third-order valence-corrected chi connectivity index (χ3v) is 9.63. The molecular weight excluding hydrogens is 636 g/mol. The molecule has 1 amide bonds. The van der Waals surface area contributed by atoms with Gasteiger partial charge in [-0.3, -0.25) is 9.59 Å². The van der Waals surface area contributed by atoms with Crippen LogP contribution in [0.2, 0.25) is 0 Å². The maximum absolute atomic E-state index is 13.6. The standard InChI is InChI=1S/C39H44N4O7/c1-5-8-9-10-13-18-48-34-15-12-11-14-27(34)24(4)41-42-35(44)23-49-25-16-17-32-28(19-25)26(6-2)29-21-43-33(36(29)40-32)20-31-30(37(43)45)22-50-38(46)39(31,47)7-3/h11-12,14-17,19-20,47H,5-10,13,18,21-23H2,1-4H3,(H,42,44)/b41-24+/t39-/m0/s1. The van der Waals surface area contributed by atoms with E-state index in [0.717, 1.165) is 40.7 Å². The van der Waals surface area contributed by atoms with E-state index in [1.807, 2.05) is 50.2 Å². The lowest BCUT2D eigenvalue weighted by molar-refractivity contribution is -0.172. The first-order chi connectivity index (χ1) is 24.2. The Morgan fingerprint density at radius 1 is 1.04 bits per heavy atom. The first kappa shape index (κ1) is 34.8. The van der Waals surface area contributed by atoms with Gasteiger partial charge in [-0.25, -0.2) is 15.2 Å². The summed E-state index contributed by atoms with van der Waals surface area (Å²) in [7, 11) is 0. The summed E-state index contributed by atoms with van der Waals surface area (Å²) in [6.07, 6.45) is 6.51. The molecular formula is C39H44N4O7. The predicted octanol–water partition coefficient (Wildman–Crippen LogP) is 5.91. The third kappa shape index (κ3) is 6.61. The van der Waals surface area contributed by atoms with Crippen LogP contribution in [-0.2, 0) is 39.5 Å². The van der Waals surface area contributed by atoms with Gasteiger partial charge in [0.2, 0.25) is 0 Å². The molecule has 0 spiro atoms. The van der Waals surface area contributed by atoms with Crippen LogP contribution in [0.4, 0.5) is 0 Å². The third-order valence-electron chi connectivity index (χ3n) is 9.63. The van der Waals surface area contributed by atoms with Crippen LogP contribution in [0.25, 0.3) is 22.3 Å². The molecule has 0 saturated carbocycles. The van der Waals surface area contributed by atoms with Gasteiger partial charge in [0.1, 0.15) is 18.1 Å². The van der Waals surface area contributed by atoms with E-state index < -0.39 is 17.5 Å². The fraction of sp³-hybridized carbons (Fsp3) is 0.410. The van der Waals surface area contributed by atoms with Crippen molar-refractivity contribution < 1.29 is 28.9 Å². The lowest BCUT2D eigenvalue weighted by Gasteiger charge is -2.31. The van der Waals surface area contributed by atoms with Crippen LogP contribution < -0.4 is 20.5 Å². The van der Waals surface area contributed by atoms with Crippen molar-refractivity contribution in [2.24, 2.45) is 5.10 Å². The molecule has 4 heterocycles. The summed E-state index contributed by atoms with van der Waals surface area (Å²) in [5.74, 6) is 0.0682. The SMILES string of the molecule is CCCCCCCOc1ccccc1/C(C)=N/NC(=O)COc1ccc2nc3c(c(CC)c2c1)Cn1c-3cc2c(c1=O)COC(=O)[C@]2(O)CC. The Labute approximate surface area is 291 Å². The monoisotopic (exact) mass is 680 g/mol. The number of para-hydroxylation sites is 1. The molecule has 0 bridgehead atoms. The van der Waals surface area contributed by atoms with Crippen molar-refractivity contribution in [1.29, 1.82) is 0 Å². The highest BCUT2D eigenvalue weighted by Gasteiger charge is 2.45. The maximum atomic E-state index is 13.6. The van der Waals surface area contributed by atoms with Gasteiger partial charge in [-0.1, -0.05) is 58.6 Å². The van der Waals surface area contributed by atoms with Gasteiger partial charge in [0.25, 0.3) is 11.5 Å². The first-order valence-corrected chi connectivity index (χ1v) is 17.5. The molecule has 2 aromatic carbocycles. The summed E-state index contributed by atoms with van der Waals surface area (Å²) in [6, 6.07) is 14.8. The van der Waals surface area contributed by atoms with Gasteiger partial charge in [0.15, 0.2) is 12.2 Å². The van der Waals surface area contributed by atoms with Crippen molar-refractivity contribution in [2.45, 2.75) is 91.4 Å². The Balaban J connectivity index is 1.16. The Morgan fingerprint density at radius 3 is 2.62 bits per heavy atom. The number of amides is 1. The van der Waals surface area contributed by atoms with Crippen LogP contribution in [0.15, 0.2) is 58.4 Å². The number of hydrazone groups is 1. The second kappa shape index (κ2) is 14.8. The molecule has 0 unspecified atom stereocenters. The predicted molar refractivity (Wildman–Crippen MR) is 190 cm³/mol. The van der Waals surface area contributed by atoms with Crippen LogP contribution in [0.3, 0.4) is 0 Å². The van der Waals surface area contributed by atoms with E-state index in [2.05, 4.69) is 17.5 Å². The van der Waals surface area contributed by atoms with Crippen molar-refractivity contribution >= 4 is 28.5 Å². The van der Waals surface area contributed by atoms with Crippen molar-refractivity contribution in [1.82, 2.24) is 15.0 Å². The number of carbonyl (C=O) groups excluding carboxylic acids is 2. The van der Waals surface area contributed by atoms with Gasteiger partial charge in [-0.05, 0) is 68.1 Å². The Bertz CT molecular complexity index is 2040. The number of benzene rings is 2. The summed E-state index contributed by atoms with van der Waals surface area (Å²) in [5.41, 5.74) is 6.21. The van der Waals surface area contributed by atoms with E-state index in [-0.39, 0.29) is 36.3 Å². The van der Waals surface area contributed by atoms with Crippen LogP contribution in [0.1, 0.15) is 94.0 Å². The summed E-state index contributed by atoms with van der Waals surface area (Å²) in [4.78, 5) is 43.8. The number of fused-ring (bicyclic) bond motifs is 5. The lowest BCUT2D eigenvalue weighted by atomic mass is 9.86. The van der Waals surface area contributed by atoms with Crippen LogP contribution in [-0.4, -0.2) is 45.5 Å². The number of ether oxygens (including phenoxy) is 3. The molecule has 2 aromatic heterocycles. The quantitative estimate of drug-likeness (QED) is 0.0639. The van der Waals surface area contributed by atoms with E-state index in [0.29, 0.717) is 47.9 Å². The van der Waals surface area contributed by atoms with E-state index in [1.165, 1.54) is 19.3 Å². The molecule has 6 rings (SSSR count). The lowest BCUT2D eigenvalue weighted by Crippen LogP contribution is -2.44. The minimum absolute atomic E-state index is 0.0783. The normalized spacial score (nSPS) is 16.4. The summed E-state index contributed by atoms with van der Waals surface area (Å²) in [6.45, 7) is 8.25. The highest BCUT2D eigenvalue weighted by atomic mass is 16.6. The molecule has 2 N–H and O–H groups in total. The number of esters is 1. The molecule has 0 aliphatic carbocycles. The van der Waals surface area contributed by atoms with E-state index in [9.17, 15) is 19.5 Å². The Kier molecular flexibility index (Phi) is 10.3. The molecule has 0 saturated heterocycles. The average Bonchev–Trinajstić information content (AvgIpc) is 3.50. The number of pyridine rings is 2. The number of nitrogens with one attached hydrogen (secondary N) is 1. The number of aromatic nitrogens is 2. The molecule has 0 radical (unpaired) electrons. The van der Waals surface area contributed by atoms with Gasteiger partial charge in [-0.15, -0.1) is 0 Å². The molecule has 262 valence electrons. The van der Waals surface area contributed by atoms with Crippen molar-refractivity contribution in [3.05, 3.63) is 86.7 Å². The van der Waals surface area contributed by atoms with Gasteiger partial charge < -0.3 is 23.9 Å². The number of aliphatic hydroxyl groups is 1. The number of rotatable bonds is 14. The molecule has 11 nitrogen and oxygen atoms in total. The van der Waals surface area contributed by atoms with Crippen molar-refractivity contribution in [2.75, 3.05) is 13.2 Å². The number of carbonyl (C=O) groups is 2. The number of aryl methyl sites for hydroxylation is 1. The average molecular weight is 681 g/mol. The number of cyclic esters (lactones) is 1. The summed E-state index contributed by atoms with van der Waals surface area (Å²) in [5, 5.41) is 16.3. The highest BCUT2D eigenvalue weighted by molar-refractivity contribution is 6.01. The zero-order chi connectivity index (χ0) is 35.4. The molecule has 2 aliphatic heterocycles. The Morgan fingerprint density at radius 2 is 1.84 bits per heavy atom. The maximum Gasteiger partial charge on any atom is 0.343 e. The minimum atomic E-state index is -1.88. The van der Waals surface area contributed by atoms with Crippen LogP contribution in [0.5, 0.6) is 11.5 Å². The molecule has 1 atom stereocenters. The number of hydrogen-bond acceptors (Lipinski definition) is 9. The fourth-order valence-corrected chi connectivity index (χ4v) is 6.80. The molecule has 0 fully saturated rings. The minimum Gasteiger partial charge on any atom is -0.493 e. The topological polar surface area (TPSA) is 141 Å². The van der Waals surface area contributed by atoms with E-state index >= 15 is 0 Å². The van der Waals surface area contributed by atoms with Gasteiger partial charge in [0, 0.05) is 22.1 Å². The number of unbranched alkanes of at least 4 members (excludes halogenated alkanes) is 4. The van der Waals surface area contributed by atoms with Gasteiger partial charge in [-0.2, -0.15) is 5.10 Å². The number of nitrogens with zero attached hydrogens (tertiary/aromatic N) is 3. The van der Waals surface area contributed by atoms with Crippen LogP contribution in [0, 0.1) is 0 Å². The number of hydrogen-bond donors (Lipinski definition) is 2. The Hall–Kier alpha value is -5.03. The van der Waals surface area contributed by atoms with Crippen LogP contribution >= 0.6 is 0 Å². The second-order valence-corrected chi connectivity index (χ2v) is 12.8. The molecule has 2 aliphatic rings. The van der Waals surface area contributed by atoms with Gasteiger partial charge >= 0.3 is 5.97 Å². The van der Waals surface area contributed by atoms with Crippen molar-refractivity contribution in [3.8, 4) is 22.9 Å². The summed E-state index contributed by atoms with van der Waals surface area (Å²) >= 11 is 0. The second-order valence-electron chi connectivity index (χ2n) is 12.8. The first-order valence-electron chi connectivity index (χ1n) is 17.5. The summed E-state index contributed by atoms with van der Waals surface area (Å²) < 4.78 is 18.7. The van der Waals surface area contributed by atoms with E-state index in [1.54, 1.807) is 23.6 Å². The van der Waals surface area contributed by atoms with E-state index in [4.69, 9.17) is 19.2 Å². The zero-order valence-corrected chi connectivity index (χ0v) is 29.1. The molecule has 11 heteroatoms. The highest BCUT2D eigenvalue weighted by Crippen LogP contribution is 2.40. The zero-order valence-electron chi connectivity index (χ0n) is 29.1. The molecule has 4 aromatic rings. The fourth-order valence-electron chi connectivity index (χ4n) is 6.80. The largest absolute Gasteiger partial charge is 0.493 e. The van der Waals surface area contributed by atoms with Crippen molar-refractivity contribution in [3.63, 3.8) is 0 Å².